The summed E-state index contributed by atoms with van der Waals surface area (Å²) in [5.41, 5.74) is 7.68. The third-order valence-corrected chi connectivity index (χ3v) is 3.80. The lowest BCUT2D eigenvalue weighted by Crippen LogP contribution is -2.15. The Morgan fingerprint density at radius 2 is 2.00 bits per heavy atom. The highest BCUT2D eigenvalue weighted by Gasteiger charge is 2.11. The van der Waals surface area contributed by atoms with Crippen LogP contribution >= 0.6 is 11.8 Å². The number of aryl methyl sites for hydroxylation is 1. The first-order valence-corrected chi connectivity index (χ1v) is 6.75. The van der Waals surface area contributed by atoms with Gasteiger partial charge < -0.3 is 5.73 Å². The van der Waals surface area contributed by atoms with Gasteiger partial charge in [0.05, 0.1) is 0 Å². The third-order valence-electron chi connectivity index (χ3n) is 2.30. The van der Waals surface area contributed by atoms with Crippen LogP contribution in [0, 0.1) is 18.7 Å². The molecule has 0 amide bonds. The lowest BCUT2D eigenvalue weighted by molar-refractivity contribution is 0.594. The van der Waals surface area contributed by atoms with Gasteiger partial charge in [0.15, 0.2) is 0 Å². The SMILES string of the molecule is Cc1ccc(F)c(C(N)CSCC(C)C)c1. The van der Waals surface area contributed by atoms with E-state index < -0.39 is 0 Å². The molecule has 0 aliphatic rings. The molecule has 1 rings (SSSR count). The summed E-state index contributed by atoms with van der Waals surface area (Å²) in [6, 6.07) is 4.91. The Balaban J connectivity index is 2.58. The van der Waals surface area contributed by atoms with Crippen LogP contribution in [0.1, 0.15) is 31.0 Å². The van der Waals surface area contributed by atoms with Crippen molar-refractivity contribution in [2.45, 2.75) is 26.8 Å². The highest BCUT2D eigenvalue weighted by Crippen LogP contribution is 2.21. The van der Waals surface area contributed by atoms with Crippen LogP contribution in [0.25, 0.3) is 0 Å². The zero-order valence-corrected chi connectivity index (χ0v) is 11.0. The van der Waals surface area contributed by atoms with Crippen molar-refractivity contribution in [2.24, 2.45) is 11.7 Å². The summed E-state index contributed by atoms with van der Waals surface area (Å²) in [5.74, 6) is 2.31. The Labute approximate surface area is 102 Å². The summed E-state index contributed by atoms with van der Waals surface area (Å²) in [5, 5.41) is 0. The predicted molar refractivity (Wildman–Crippen MR) is 70.2 cm³/mol. The molecule has 0 aliphatic carbocycles. The van der Waals surface area contributed by atoms with E-state index in [0.717, 1.165) is 17.1 Å². The molecular formula is C13H20FNS. The topological polar surface area (TPSA) is 26.0 Å². The minimum Gasteiger partial charge on any atom is -0.323 e. The third kappa shape index (κ3) is 4.14. The van der Waals surface area contributed by atoms with Crippen molar-refractivity contribution in [1.29, 1.82) is 0 Å². The Hall–Kier alpha value is -0.540. The van der Waals surface area contributed by atoms with Crippen molar-refractivity contribution in [1.82, 2.24) is 0 Å². The number of hydrogen-bond acceptors (Lipinski definition) is 2. The molecule has 1 nitrogen and oxygen atoms in total. The maximum atomic E-state index is 13.5. The number of hydrogen-bond donors (Lipinski definition) is 1. The molecule has 1 aromatic carbocycles. The van der Waals surface area contributed by atoms with Crippen LogP contribution in [0.4, 0.5) is 4.39 Å². The molecule has 90 valence electrons. The number of thioether (sulfide) groups is 1. The summed E-state index contributed by atoms with van der Waals surface area (Å²) >= 11 is 1.79. The first kappa shape index (κ1) is 13.5. The fourth-order valence-corrected chi connectivity index (χ4v) is 2.51. The molecular weight excluding hydrogens is 221 g/mol. The van der Waals surface area contributed by atoms with Gasteiger partial charge in [0.25, 0.3) is 0 Å². The Bertz CT molecular complexity index is 339. The van der Waals surface area contributed by atoms with Gasteiger partial charge in [-0.2, -0.15) is 11.8 Å². The molecule has 1 aromatic rings. The second-order valence-electron chi connectivity index (χ2n) is 4.56. The Morgan fingerprint density at radius 3 is 2.62 bits per heavy atom. The monoisotopic (exact) mass is 241 g/mol. The molecule has 0 saturated heterocycles. The Kier molecular flexibility index (Phi) is 5.29. The lowest BCUT2D eigenvalue weighted by Gasteiger charge is -2.14. The standard InChI is InChI=1S/C13H20FNS/c1-9(2)7-16-8-13(15)11-6-10(3)4-5-12(11)14/h4-6,9,13H,7-8,15H2,1-3H3. The van der Waals surface area contributed by atoms with E-state index in [1.165, 1.54) is 6.07 Å². The van der Waals surface area contributed by atoms with Crippen molar-refractivity contribution in [3.8, 4) is 0 Å². The molecule has 0 spiro atoms. The first-order valence-electron chi connectivity index (χ1n) is 5.60. The van der Waals surface area contributed by atoms with E-state index in [4.69, 9.17) is 5.73 Å². The van der Waals surface area contributed by atoms with Crippen molar-refractivity contribution < 1.29 is 4.39 Å². The molecule has 2 N–H and O–H groups in total. The van der Waals surface area contributed by atoms with Crippen LogP contribution in [0.2, 0.25) is 0 Å². The number of benzene rings is 1. The first-order chi connectivity index (χ1) is 7.50. The smallest absolute Gasteiger partial charge is 0.128 e. The van der Waals surface area contributed by atoms with Gasteiger partial charge in [-0.05, 0) is 24.7 Å². The van der Waals surface area contributed by atoms with Crippen molar-refractivity contribution in [3.05, 3.63) is 35.1 Å². The second kappa shape index (κ2) is 6.26. The zero-order valence-electron chi connectivity index (χ0n) is 10.2. The maximum Gasteiger partial charge on any atom is 0.128 e. The Morgan fingerprint density at radius 1 is 1.31 bits per heavy atom. The van der Waals surface area contributed by atoms with Gasteiger partial charge in [-0.1, -0.05) is 31.5 Å². The van der Waals surface area contributed by atoms with E-state index in [2.05, 4.69) is 13.8 Å². The number of nitrogens with two attached hydrogens (primary N) is 1. The van der Waals surface area contributed by atoms with Gasteiger partial charge in [-0.3, -0.25) is 0 Å². The molecule has 0 aromatic heterocycles. The largest absolute Gasteiger partial charge is 0.323 e. The summed E-state index contributed by atoms with van der Waals surface area (Å²) in [7, 11) is 0. The van der Waals surface area contributed by atoms with Gasteiger partial charge in [-0.25, -0.2) is 4.39 Å². The quantitative estimate of drug-likeness (QED) is 0.853. The molecule has 0 bridgehead atoms. The average molecular weight is 241 g/mol. The van der Waals surface area contributed by atoms with Gasteiger partial charge in [0.1, 0.15) is 5.82 Å². The highest BCUT2D eigenvalue weighted by molar-refractivity contribution is 7.99. The molecule has 1 atom stereocenters. The van der Waals surface area contributed by atoms with Crippen LogP contribution < -0.4 is 5.73 Å². The van der Waals surface area contributed by atoms with Crippen LogP contribution in [0.3, 0.4) is 0 Å². The van der Waals surface area contributed by atoms with Gasteiger partial charge in [0, 0.05) is 17.4 Å². The summed E-state index contributed by atoms with van der Waals surface area (Å²) in [6.07, 6.45) is 0. The maximum absolute atomic E-state index is 13.5. The van der Waals surface area contributed by atoms with E-state index in [9.17, 15) is 4.39 Å². The van der Waals surface area contributed by atoms with Crippen molar-refractivity contribution in [3.63, 3.8) is 0 Å². The van der Waals surface area contributed by atoms with Crippen molar-refractivity contribution >= 4 is 11.8 Å². The molecule has 0 fully saturated rings. The minimum atomic E-state index is -0.205. The predicted octanol–water partition coefficient (Wildman–Crippen LogP) is 3.52. The molecule has 1 unspecified atom stereocenters. The molecule has 0 saturated carbocycles. The minimum absolute atomic E-state index is 0.191. The summed E-state index contributed by atoms with van der Waals surface area (Å²) in [6.45, 7) is 6.30. The van der Waals surface area contributed by atoms with Crippen LogP contribution in [-0.2, 0) is 0 Å². The van der Waals surface area contributed by atoms with Crippen LogP contribution in [-0.4, -0.2) is 11.5 Å². The van der Waals surface area contributed by atoms with E-state index in [0.29, 0.717) is 11.5 Å². The molecule has 3 heteroatoms. The van der Waals surface area contributed by atoms with Gasteiger partial charge >= 0.3 is 0 Å². The van der Waals surface area contributed by atoms with Crippen molar-refractivity contribution in [2.75, 3.05) is 11.5 Å². The lowest BCUT2D eigenvalue weighted by atomic mass is 10.1. The average Bonchev–Trinajstić information content (AvgIpc) is 2.21. The second-order valence-corrected chi connectivity index (χ2v) is 5.64. The molecule has 16 heavy (non-hydrogen) atoms. The van der Waals surface area contributed by atoms with E-state index in [-0.39, 0.29) is 11.9 Å². The summed E-state index contributed by atoms with van der Waals surface area (Å²) < 4.78 is 13.5. The van der Waals surface area contributed by atoms with Gasteiger partial charge in [-0.15, -0.1) is 0 Å². The normalized spacial score (nSPS) is 13.1. The van der Waals surface area contributed by atoms with E-state index in [1.54, 1.807) is 17.8 Å². The molecule has 0 heterocycles. The van der Waals surface area contributed by atoms with E-state index >= 15 is 0 Å². The van der Waals surface area contributed by atoms with Crippen LogP contribution in [0.15, 0.2) is 18.2 Å². The zero-order chi connectivity index (χ0) is 12.1. The number of rotatable bonds is 5. The number of halogens is 1. The fraction of sp³-hybridized carbons (Fsp3) is 0.538. The highest BCUT2D eigenvalue weighted by atomic mass is 32.2. The summed E-state index contributed by atoms with van der Waals surface area (Å²) in [4.78, 5) is 0. The van der Waals surface area contributed by atoms with Crippen LogP contribution in [0.5, 0.6) is 0 Å². The molecule has 0 radical (unpaired) electrons. The van der Waals surface area contributed by atoms with E-state index in [1.807, 2.05) is 13.0 Å². The van der Waals surface area contributed by atoms with Gasteiger partial charge in [0.2, 0.25) is 0 Å². The molecule has 0 aliphatic heterocycles. The fourth-order valence-electron chi connectivity index (χ4n) is 1.47.